The average Bonchev–Trinajstić information content (AvgIpc) is 2.42. The molecule has 0 bridgehead atoms. The predicted molar refractivity (Wildman–Crippen MR) is 83.3 cm³/mol. The number of hydrogen-bond acceptors (Lipinski definition) is 3. The number of aliphatic carboxylic acids is 1. The van der Waals surface area contributed by atoms with Crippen LogP contribution in [0.15, 0.2) is 42.5 Å². The van der Waals surface area contributed by atoms with Crippen molar-refractivity contribution in [3.05, 3.63) is 58.1 Å². The van der Waals surface area contributed by atoms with Crippen LogP contribution in [0.5, 0.6) is 5.75 Å². The molecule has 0 aromatic heterocycles. The van der Waals surface area contributed by atoms with Gasteiger partial charge in [-0.2, -0.15) is 0 Å². The van der Waals surface area contributed by atoms with Gasteiger partial charge in [-0.25, -0.2) is 0 Å². The fourth-order valence-corrected chi connectivity index (χ4v) is 2.30. The summed E-state index contributed by atoms with van der Waals surface area (Å²) in [5, 5.41) is 19.9. The van der Waals surface area contributed by atoms with Crippen LogP contribution in [0.25, 0.3) is 0 Å². The van der Waals surface area contributed by atoms with Crippen molar-refractivity contribution in [1.82, 2.24) is 0 Å². The van der Waals surface area contributed by atoms with Crippen LogP contribution < -0.4 is 4.90 Å². The topological polar surface area (TPSA) is 60.8 Å². The lowest BCUT2D eigenvalue weighted by Crippen LogP contribution is -2.29. The second-order valence-electron chi connectivity index (χ2n) is 4.46. The summed E-state index contributed by atoms with van der Waals surface area (Å²) in [6, 6.07) is 11.6. The van der Waals surface area contributed by atoms with Crippen LogP contribution in [-0.2, 0) is 11.3 Å². The second-order valence-corrected chi connectivity index (χ2v) is 5.31. The van der Waals surface area contributed by atoms with Crippen LogP contribution in [-0.4, -0.2) is 22.7 Å². The number of carbonyl (C=O) groups is 1. The molecule has 21 heavy (non-hydrogen) atoms. The summed E-state index contributed by atoms with van der Waals surface area (Å²) < 4.78 is 0. The maximum absolute atomic E-state index is 11.0. The molecule has 0 aliphatic heterocycles. The molecule has 0 aliphatic carbocycles. The number of halogens is 2. The molecule has 0 atom stereocenters. The molecule has 2 aromatic rings. The Morgan fingerprint density at radius 1 is 1.10 bits per heavy atom. The smallest absolute Gasteiger partial charge is 0.323 e. The van der Waals surface area contributed by atoms with E-state index in [1.165, 1.54) is 6.07 Å². The Kier molecular flexibility index (Phi) is 4.94. The Morgan fingerprint density at radius 2 is 1.76 bits per heavy atom. The molecule has 6 heteroatoms. The summed E-state index contributed by atoms with van der Waals surface area (Å²) in [5.41, 5.74) is 1.16. The summed E-state index contributed by atoms with van der Waals surface area (Å²) in [4.78, 5) is 12.6. The average molecular weight is 326 g/mol. The molecule has 0 aliphatic rings. The summed E-state index contributed by atoms with van der Waals surface area (Å²) >= 11 is 11.9. The lowest BCUT2D eigenvalue weighted by molar-refractivity contribution is -0.135. The Bertz CT molecular complexity index is 624. The first kappa shape index (κ1) is 15.5. The van der Waals surface area contributed by atoms with Crippen molar-refractivity contribution in [3.63, 3.8) is 0 Å². The number of benzene rings is 2. The molecule has 2 aromatic carbocycles. The summed E-state index contributed by atoms with van der Waals surface area (Å²) in [7, 11) is 0. The molecule has 0 saturated carbocycles. The summed E-state index contributed by atoms with van der Waals surface area (Å²) in [6.45, 7) is -0.0360. The Labute approximate surface area is 132 Å². The fraction of sp³-hybridized carbons (Fsp3) is 0.133. The van der Waals surface area contributed by atoms with Crippen molar-refractivity contribution in [2.24, 2.45) is 0 Å². The minimum atomic E-state index is -0.975. The summed E-state index contributed by atoms with van der Waals surface area (Å²) in [5.74, 6) is -0.941. The molecule has 0 unspecified atom stereocenters. The largest absolute Gasteiger partial charge is 0.508 e. The highest BCUT2D eigenvalue weighted by Crippen LogP contribution is 2.29. The molecule has 4 nitrogen and oxygen atoms in total. The van der Waals surface area contributed by atoms with E-state index in [9.17, 15) is 9.90 Å². The Morgan fingerprint density at radius 3 is 2.33 bits per heavy atom. The van der Waals surface area contributed by atoms with Gasteiger partial charge < -0.3 is 15.1 Å². The molecule has 0 saturated heterocycles. The van der Waals surface area contributed by atoms with Crippen molar-refractivity contribution in [2.45, 2.75) is 6.54 Å². The van der Waals surface area contributed by atoms with Gasteiger partial charge in [0.25, 0.3) is 0 Å². The SMILES string of the molecule is O=C(O)CN(Cc1c(O)cccc1Cl)c1ccc(Cl)cc1. The van der Waals surface area contributed by atoms with Crippen LogP contribution in [0, 0.1) is 0 Å². The standard InChI is InChI=1S/C15H13Cl2NO3/c16-10-4-6-11(7-5-10)18(9-15(20)21)8-12-13(17)2-1-3-14(12)19/h1-7,19H,8-9H2,(H,20,21). The van der Waals surface area contributed by atoms with E-state index in [1.54, 1.807) is 41.3 Å². The van der Waals surface area contributed by atoms with E-state index >= 15 is 0 Å². The fourth-order valence-electron chi connectivity index (χ4n) is 1.95. The normalized spacial score (nSPS) is 10.4. The molecular weight excluding hydrogens is 313 g/mol. The van der Waals surface area contributed by atoms with Gasteiger partial charge in [-0.15, -0.1) is 0 Å². The van der Waals surface area contributed by atoms with Gasteiger partial charge in [0.05, 0.1) is 0 Å². The van der Waals surface area contributed by atoms with Crippen LogP contribution in [0.4, 0.5) is 5.69 Å². The Hall–Kier alpha value is -1.91. The van der Waals surface area contributed by atoms with Gasteiger partial charge in [-0.1, -0.05) is 29.3 Å². The van der Waals surface area contributed by atoms with E-state index in [0.717, 1.165) is 0 Å². The number of carboxylic acid groups (broad SMARTS) is 1. The van der Waals surface area contributed by atoms with Crippen molar-refractivity contribution in [2.75, 3.05) is 11.4 Å². The molecule has 110 valence electrons. The molecule has 0 spiro atoms. The number of hydrogen-bond donors (Lipinski definition) is 2. The lowest BCUT2D eigenvalue weighted by Gasteiger charge is -2.24. The number of nitrogens with zero attached hydrogens (tertiary/aromatic N) is 1. The monoisotopic (exact) mass is 325 g/mol. The third kappa shape index (κ3) is 4.03. The number of aromatic hydroxyl groups is 1. The zero-order valence-electron chi connectivity index (χ0n) is 11.0. The molecule has 2 rings (SSSR count). The van der Waals surface area contributed by atoms with Crippen molar-refractivity contribution < 1.29 is 15.0 Å². The van der Waals surface area contributed by atoms with Crippen LogP contribution >= 0.6 is 23.2 Å². The van der Waals surface area contributed by atoms with E-state index in [2.05, 4.69) is 0 Å². The van der Waals surface area contributed by atoms with E-state index in [1.807, 2.05) is 0 Å². The number of carboxylic acids is 1. The molecule has 2 N–H and O–H groups in total. The maximum atomic E-state index is 11.0. The minimum absolute atomic E-state index is 0.0341. The van der Waals surface area contributed by atoms with Gasteiger partial charge in [0.1, 0.15) is 12.3 Å². The van der Waals surface area contributed by atoms with Gasteiger partial charge >= 0.3 is 5.97 Å². The number of rotatable bonds is 5. The number of anilines is 1. The lowest BCUT2D eigenvalue weighted by atomic mass is 10.1. The van der Waals surface area contributed by atoms with Crippen LogP contribution in [0.3, 0.4) is 0 Å². The van der Waals surface area contributed by atoms with E-state index in [0.29, 0.717) is 21.3 Å². The first-order valence-electron chi connectivity index (χ1n) is 6.16. The zero-order chi connectivity index (χ0) is 15.4. The highest BCUT2D eigenvalue weighted by Gasteiger charge is 2.15. The number of phenols is 1. The molecule has 0 radical (unpaired) electrons. The molecule has 0 fully saturated rings. The number of phenolic OH excluding ortho intramolecular Hbond substituents is 1. The first-order chi connectivity index (χ1) is 9.97. The third-order valence-corrected chi connectivity index (χ3v) is 3.57. The quantitative estimate of drug-likeness (QED) is 0.878. The molecule has 0 amide bonds. The zero-order valence-corrected chi connectivity index (χ0v) is 12.5. The molecule has 0 heterocycles. The van der Waals surface area contributed by atoms with Gasteiger partial charge in [0.15, 0.2) is 0 Å². The van der Waals surface area contributed by atoms with Gasteiger partial charge in [-0.3, -0.25) is 4.79 Å². The van der Waals surface area contributed by atoms with E-state index in [-0.39, 0.29) is 18.8 Å². The van der Waals surface area contributed by atoms with Gasteiger partial charge in [-0.05, 0) is 36.4 Å². The summed E-state index contributed by atoms with van der Waals surface area (Å²) in [6.07, 6.45) is 0. The second kappa shape index (κ2) is 6.70. The minimum Gasteiger partial charge on any atom is -0.508 e. The van der Waals surface area contributed by atoms with Crippen molar-refractivity contribution >= 4 is 34.9 Å². The van der Waals surface area contributed by atoms with Crippen molar-refractivity contribution in [1.29, 1.82) is 0 Å². The van der Waals surface area contributed by atoms with Crippen LogP contribution in [0.1, 0.15) is 5.56 Å². The third-order valence-electron chi connectivity index (χ3n) is 2.96. The maximum Gasteiger partial charge on any atom is 0.323 e. The first-order valence-corrected chi connectivity index (χ1v) is 6.91. The van der Waals surface area contributed by atoms with E-state index < -0.39 is 5.97 Å². The van der Waals surface area contributed by atoms with Gasteiger partial charge in [0.2, 0.25) is 0 Å². The van der Waals surface area contributed by atoms with Crippen LogP contribution in [0.2, 0.25) is 10.0 Å². The highest BCUT2D eigenvalue weighted by molar-refractivity contribution is 6.31. The predicted octanol–water partition coefficient (Wildman–Crippen LogP) is 3.79. The van der Waals surface area contributed by atoms with Gasteiger partial charge in [0, 0.05) is 27.8 Å². The highest BCUT2D eigenvalue weighted by atomic mass is 35.5. The van der Waals surface area contributed by atoms with Crippen molar-refractivity contribution in [3.8, 4) is 5.75 Å². The Balaban J connectivity index is 2.32. The molecular formula is C15H13Cl2NO3. The van der Waals surface area contributed by atoms with E-state index in [4.69, 9.17) is 28.3 Å².